The molecule has 5 atom stereocenters. The highest BCUT2D eigenvalue weighted by Gasteiger charge is 2.33. The van der Waals surface area contributed by atoms with E-state index in [9.17, 15) is 39.0 Å². The minimum Gasteiger partial charge on any atom is -0.481 e. The lowest BCUT2D eigenvalue weighted by atomic mass is 10.0. The van der Waals surface area contributed by atoms with E-state index in [4.69, 9.17) is 16.6 Å². The van der Waals surface area contributed by atoms with Crippen molar-refractivity contribution in [2.45, 2.75) is 62.9 Å². The number of carboxylic acid groups (broad SMARTS) is 2. The molecule has 0 aliphatic carbocycles. The Morgan fingerprint density at radius 2 is 1.47 bits per heavy atom. The largest absolute Gasteiger partial charge is 0.481 e. The average molecular weight is 510 g/mol. The SMILES string of the molecule is CC(O)C(NC(=O)C(N)CCC(=O)O)C(=O)NC(Cc1ccccc1)C(=O)NC(CC(N)=O)C(=O)O. The van der Waals surface area contributed by atoms with Gasteiger partial charge in [0.15, 0.2) is 0 Å². The normalized spacial score (nSPS) is 14.9. The predicted octanol–water partition coefficient (Wildman–Crippen LogP) is -2.78. The Balaban J connectivity index is 3.07. The number of carboxylic acids is 2. The standard InChI is InChI=1S/C22H31N5O9/c1-11(28)18(27-19(32)13(23)7-8-17(30)31)21(34)25-14(9-12-5-3-2-4-6-12)20(33)26-15(22(35)36)10-16(24)29/h2-6,11,13-15,18,28H,7-10,23H2,1H3,(H2,24,29)(H,25,34)(H,26,33)(H,27,32)(H,30,31)(H,35,36). The number of hydrogen-bond acceptors (Lipinski definition) is 8. The van der Waals surface area contributed by atoms with Gasteiger partial charge in [-0.25, -0.2) is 4.79 Å². The fourth-order valence-corrected chi connectivity index (χ4v) is 3.07. The lowest BCUT2D eigenvalue weighted by molar-refractivity contribution is -0.144. The first-order valence-electron chi connectivity index (χ1n) is 10.9. The Morgan fingerprint density at radius 1 is 0.889 bits per heavy atom. The van der Waals surface area contributed by atoms with E-state index in [2.05, 4.69) is 16.0 Å². The molecule has 1 rings (SSSR count). The van der Waals surface area contributed by atoms with Crippen molar-refractivity contribution in [3.63, 3.8) is 0 Å². The number of nitrogens with two attached hydrogens (primary N) is 2. The first kappa shape index (κ1) is 30.0. The Hall–Kier alpha value is -4.04. The molecule has 0 saturated carbocycles. The van der Waals surface area contributed by atoms with Crippen molar-refractivity contribution < 1.29 is 44.1 Å². The summed E-state index contributed by atoms with van der Waals surface area (Å²) in [4.78, 5) is 71.4. The van der Waals surface area contributed by atoms with E-state index in [1.807, 2.05) is 0 Å². The maximum atomic E-state index is 12.9. The highest BCUT2D eigenvalue weighted by molar-refractivity contribution is 5.95. The van der Waals surface area contributed by atoms with Crippen LogP contribution in [0.1, 0.15) is 31.7 Å². The molecule has 10 N–H and O–H groups in total. The minimum absolute atomic E-state index is 0.0973. The zero-order chi connectivity index (χ0) is 27.4. The molecule has 36 heavy (non-hydrogen) atoms. The molecule has 5 unspecified atom stereocenters. The maximum absolute atomic E-state index is 12.9. The van der Waals surface area contributed by atoms with Gasteiger partial charge in [-0.3, -0.25) is 24.0 Å². The number of aliphatic carboxylic acids is 2. The van der Waals surface area contributed by atoms with Crippen molar-refractivity contribution in [2.24, 2.45) is 11.5 Å². The molecule has 0 bridgehead atoms. The number of aliphatic hydroxyl groups is 1. The van der Waals surface area contributed by atoms with Gasteiger partial charge in [0.05, 0.1) is 18.6 Å². The molecular weight excluding hydrogens is 478 g/mol. The number of primary amides is 1. The van der Waals surface area contributed by atoms with Crippen molar-refractivity contribution in [1.29, 1.82) is 0 Å². The van der Waals surface area contributed by atoms with Gasteiger partial charge in [0.2, 0.25) is 23.6 Å². The quantitative estimate of drug-likeness (QED) is 0.121. The first-order valence-corrected chi connectivity index (χ1v) is 10.9. The molecule has 1 aromatic rings. The van der Waals surface area contributed by atoms with E-state index in [0.717, 1.165) is 0 Å². The molecule has 0 aromatic heterocycles. The van der Waals surface area contributed by atoms with Gasteiger partial charge in [-0.2, -0.15) is 0 Å². The van der Waals surface area contributed by atoms with Crippen LogP contribution in [0.4, 0.5) is 0 Å². The number of rotatable bonds is 15. The van der Waals surface area contributed by atoms with Gasteiger partial charge >= 0.3 is 11.9 Å². The molecule has 0 spiro atoms. The maximum Gasteiger partial charge on any atom is 0.326 e. The van der Waals surface area contributed by atoms with Crippen LogP contribution in [0.5, 0.6) is 0 Å². The molecular formula is C22H31N5O9. The molecule has 0 fully saturated rings. The summed E-state index contributed by atoms with van der Waals surface area (Å²) in [5.74, 6) is -6.49. The third kappa shape index (κ3) is 10.5. The smallest absolute Gasteiger partial charge is 0.326 e. The second-order valence-corrected chi connectivity index (χ2v) is 8.09. The first-order chi connectivity index (χ1) is 16.8. The van der Waals surface area contributed by atoms with Crippen LogP contribution in [0.15, 0.2) is 30.3 Å². The Bertz CT molecular complexity index is 954. The summed E-state index contributed by atoms with van der Waals surface area (Å²) in [7, 11) is 0. The van der Waals surface area contributed by atoms with E-state index in [1.165, 1.54) is 6.92 Å². The van der Waals surface area contributed by atoms with Crippen molar-refractivity contribution in [2.75, 3.05) is 0 Å². The van der Waals surface area contributed by atoms with Gasteiger partial charge < -0.3 is 42.7 Å². The second kappa shape index (κ2) is 14.4. The van der Waals surface area contributed by atoms with Crippen LogP contribution in [0.2, 0.25) is 0 Å². The van der Waals surface area contributed by atoms with Crippen LogP contribution in [0.3, 0.4) is 0 Å². The molecule has 0 aliphatic rings. The van der Waals surface area contributed by atoms with Gasteiger partial charge in [-0.05, 0) is 18.9 Å². The molecule has 0 heterocycles. The van der Waals surface area contributed by atoms with Crippen LogP contribution in [0, 0.1) is 0 Å². The number of nitrogens with one attached hydrogen (secondary N) is 3. The summed E-state index contributed by atoms with van der Waals surface area (Å²) in [5, 5.41) is 34.8. The zero-order valence-electron chi connectivity index (χ0n) is 19.5. The van der Waals surface area contributed by atoms with Gasteiger partial charge in [0.1, 0.15) is 18.1 Å². The molecule has 0 radical (unpaired) electrons. The second-order valence-electron chi connectivity index (χ2n) is 8.09. The topological polar surface area (TPSA) is 251 Å². The van der Waals surface area contributed by atoms with Crippen LogP contribution >= 0.6 is 0 Å². The van der Waals surface area contributed by atoms with Gasteiger partial charge in [-0.15, -0.1) is 0 Å². The summed E-state index contributed by atoms with van der Waals surface area (Å²) in [5.41, 5.74) is 11.3. The molecule has 0 aliphatic heterocycles. The fraction of sp³-hybridized carbons (Fsp3) is 0.455. The van der Waals surface area contributed by atoms with E-state index in [-0.39, 0.29) is 12.8 Å². The van der Waals surface area contributed by atoms with Gasteiger partial charge in [0, 0.05) is 12.8 Å². The van der Waals surface area contributed by atoms with Crippen LogP contribution in [-0.2, 0) is 35.2 Å². The highest BCUT2D eigenvalue weighted by Crippen LogP contribution is 2.06. The van der Waals surface area contributed by atoms with E-state index in [1.54, 1.807) is 30.3 Å². The molecule has 198 valence electrons. The van der Waals surface area contributed by atoms with Crippen molar-refractivity contribution in [3.05, 3.63) is 35.9 Å². The molecule has 1 aromatic carbocycles. The molecule has 4 amide bonds. The Kier molecular flexibility index (Phi) is 12.0. The van der Waals surface area contributed by atoms with Gasteiger partial charge in [-0.1, -0.05) is 30.3 Å². The highest BCUT2D eigenvalue weighted by atomic mass is 16.4. The van der Waals surface area contributed by atoms with Crippen molar-refractivity contribution >= 4 is 35.6 Å². The number of carbonyl (C=O) groups is 6. The van der Waals surface area contributed by atoms with Gasteiger partial charge in [0.25, 0.3) is 0 Å². The predicted molar refractivity (Wildman–Crippen MR) is 124 cm³/mol. The summed E-state index contributed by atoms with van der Waals surface area (Å²) < 4.78 is 0. The van der Waals surface area contributed by atoms with Crippen LogP contribution < -0.4 is 27.4 Å². The van der Waals surface area contributed by atoms with E-state index >= 15 is 0 Å². The minimum atomic E-state index is -1.65. The lowest BCUT2D eigenvalue weighted by Gasteiger charge is -2.26. The fourth-order valence-electron chi connectivity index (χ4n) is 3.07. The third-order valence-electron chi connectivity index (χ3n) is 5.00. The zero-order valence-corrected chi connectivity index (χ0v) is 19.5. The molecule has 14 heteroatoms. The number of carbonyl (C=O) groups excluding carboxylic acids is 4. The summed E-state index contributed by atoms with van der Waals surface area (Å²) in [6, 6.07) is 2.52. The number of benzene rings is 1. The number of amides is 4. The lowest BCUT2D eigenvalue weighted by Crippen LogP contribution is -2.60. The Labute approximate surface area is 206 Å². The summed E-state index contributed by atoms with van der Waals surface area (Å²) in [6.07, 6.45) is -2.84. The molecule has 0 saturated heterocycles. The van der Waals surface area contributed by atoms with Crippen LogP contribution in [-0.4, -0.2) is 81.2 Å². The monoisotopic (exact) mass is 509 g/mol. The third-order valence-corrected chi connectivity index (χ3v) is 5.00. The van der Waals surface area contributed by atoms with Crippen molar-refractivity contribution in [1.82, 2.24) is 16.0 Å². The Morgan fingerprint density at radius 3 is 1.97 bits per heavy atom. The summed E-state index contributed by atoms with van der Waals surface area (Å²) in [6.45, 7) is 1.20. The molecule has 14 nitrogen and oxygen atoms in total. The van der Waals surface area contributed by atoms with E-state index in [0.29, 0.717) is 5.56 Å². The average Bonchev–Trinajstić information content (AvgIpc) is 2.79. The number of hydrogen-bond donors (Lipinski definition) is 8. The number of aliphatic hydroxyl groups excluding tert-OH is 1. The summed E-state index contributed by atoms with van der Waals surface area (Å²) >= 11 is 0. The van der Waals surface area contributed by atoms with E-state index < -0.39 is 78.7 Å². The van der Waals surface area contributed by atoms with Crippen molar-refractivity contribution in [3.8, 4) is 0 Å². The van der Waals surface area contributed by atoms with Crippen LogP contribution in [0.25, 0.3) is 0 Å².